The summed E-state index contributed by atoms with van der Waals surface area (Å²) in [4.78, 5) is 30.8. The van der Waals surface area contributed by atoms with Crippen LogP contribution in [0.4, 0.5) is 4.79 Å². The number of hydrogen-bond donors (Lipinski definition) is 1. The van der Waals surface area contributed by atoms with Gasteiger partial charge in [0.1, 0.15) is 0 Å². The smallest absolute Gasteiger partial charge is 0.317 e. The van der Waals surface area contributed by atoms with Crippen LogP contribution in [0, 0.1) is 5.92 Å². The van der Waals surface area contributed by atoms with Crippen LogP contribution in [0.1, 0.15) is 23.6 Å². The summed E-state index contributed by atoms with van der Waals surface area (Å²) >= 11 is 0. The molecule has 1 saturated heterocycles. The van der Waals surface area contributed by atoms with Crippen molar-refractivity contribution in [3.63, 3.8) is 0 Å². The third-order valence-electron chi connectivity index (χ3n) is 5.48. The van der Waals surface area contributed by atoms with Gasteiger partial charge in [-0.1, -0.05) is 12.1 Å². The summed E-state index contributed by atoms with van der Waals surface area (Å²) in [5.74, 6) is 1.16. The number of ether oxygens (including phenoxy) is 1. The van der Waals surface area contributed by atoms with E-state index in [9.17, 15) is 9.59 Å². The molecule has 0 aliphatic carbocycles. The van der Waals surface area contributed by atoms with Crippen LogP contribution in [0.2, 0.25) is 0 Å². The Morgan fingerprint density at radius 3 is 3.00 bits per heavy atom. The van der Waals surface area contributed by atoms with E-state index in [0.717, 1.165) is 17.7 Å². The van der Waals surface area contributed by atoms with Gasteiger partial charge in [-0.3, -0.25) is 4.79 Å². The van der Waals surface area contributed by atoms with Crippen molar-refractivity contribution in [3.8, 4) is 5.88 Å². The number of urea groups is 1. The van der Waals surface area contributed by atoms with E-state index in [-0.39, 0.29) is 17.5 Å². The van der Waals surface area contributed by atoms with Crippen molar-refractivity contribution in [2.45, 2.75) is 25.3 Å². The van der Waals surface area contributed by atoms with Gasteiger partial charge in [0.25, 0.3) is 5.56 Å². The maximum absolute atomic E-state index is 12.7. The van der Waals surface area contributed by atoms with Crippen molar-refractivity contribution in [2.75, 3.05) is 26.7 Å². The van der Waals surface area contributed by atoms with Crippen molar-refractivity contribution in [3.05, 3.63) is 58.1 Å². The first-order valence-electron chi connectivity index (χ1n) is 9.36. The van der Waals surface area contributed by atoms with Gasteiger partial charge in [-0.25, -0.2) is 9.78 Å². The Kier molecular flexibility index (Phi) is 4.83. The van der Waals surface area contributed by atoms with E-state index in [1.807, 2.05) is 33.7 Å². The minimum atomic E-state index is -0.0423. The maximum Gasteiger partial charge on any atom is 0.317 e. The molecule has 27 heavy (non-hydrogen) atoms. The Morgan fingerprint density at radius 2 is 2.15 bits per heavy atom. The van der Waals surface area contributed by atoms with Gasteiger partial charge in [-0.05, 0) is 30.9 Å². The van der Waals surface area contributed by atoms with Crippen molar-refractivity contribution in [1.29, 1.82) is 0 Å². The van der Waals surface area contributed by atoms with Crippen LogP contribution in [-0.2, 0) is 13.0 Å². The number of hydrogen-bond acceptors (Lipinski definition) is 4. The third kappa shape index (κ3) is 3.54. The number of nitrogens with one attached hydrogen (secondary N) is 1. The minimum absolute atomic E-state index is 0.0423. The number of nitrogens with zero attached hydrogens (tertiary/aromatic N) is 3. The number of aromatic nitrogens is 2. The molecule has 0 saturated carbocycles. The second-order valence-electron chi connectivity index (χ2n) is 7.26. The molecule has 2 bridgehead atoms. The van der Waals surface area contributed by atoms with Crippen molar-refractivity contribution < 1.29 is 9.53 Å². The van der Waals surface area contributed by atoms with Gasteiger partial charge < -0.3 is 19.5 Å². The summed E-state index contributed by atoms with van der Waals surface area (Å²) in [5, 5.41) is 3.01. The van der Waals surface area contributed by atoms with Gasteiger partial charge in [-0.2, -0.15) is 0 Å². The average molecular weight is 368 g/mol. The fourth-order valence-electron chi connectivity index (χ4n) is 4.28. The number of methoxy groups -OCH3 is 1. The second kappa shape index (κ2) is 7.42. The number of carbonyl (C=O) groups excluding carboxylic acids is 1. The summed E-state index contributed by atoms with van der Waals surface area (Å²) < 4.78 is 7.13. The van der Waals surface area contributed by atoms with E-state index in [1.54, 1.807) is 19.4 Å². The normalized spacial score (nSPS) is 20.7. The summed E-state index contributed by atoms with van der Waals surface area (Å²) in [6.07, 6.45) is 3.40. The zero-order chi connectivity index (χ0) is 18.8. The van der Waals surface area contributed by atoms with Crippen LogP contribution in [0.5, 0.6) is 5.88 Å². The highest BCUT2D eigenvalue weighted by molar-refractivity contribution is 5.74. The predicted octanol–water partition coefficient (Wildman–Crippen LogP) is 1.62. The maximum atomic E-state index is 12.7. The molecular weight excluding hydrogens is 344 g/mol. The van der Waals surface area contributed by atoms with Crippen LogP contribution in [0.15, 0.2) is 41.3 Å². The van der Waals surface area contributed by atoms with E-state index >= 15 is 0 Å². The number of piperidine rings is 1. The predicted molar refractivity (Wildman–Crippen MR) is 101 cm³/mol. The summed E-state index contributed by atoms with van der Waals surface area (Å²) in [6.45, 7) is 2.58. The van der Waals surface area contributed by atoms with E-state index < -0.39 is 0 Å². The summed E-state index contributed by atoms with van der Waals surface area (Å²) in [5.41, 5.74) is 2.09. The number of likely N-dealkylation sites (tertiary alicyclic amines) is 1. The lowest BCUT2D eigenvalue weighted by atomic mass is 9.83. The highest BCUT2D eigenvalue weighted by Gasteiger charge is 2.36. The van der Waals surface area contributed by atoms with Crippen LogP contribution in [0.25, 0.3) is 0 Å². The van der Waals surface area contributed by atoms with Crippen molar-refractivity contribution in [2.24, 2.45) is 5.92 Å². The number of rotatable bonds is 4. The minimum Gasteiger partial charge on any atom is -0.481 e. The molecule has 2 aromatic rings. The summed E-state index contributed by atoms with van der Waals surface area (Å²) in [7, 11) is 1.60. The number of pyridine rings is 2. The molecule has 2 atom stereocenters. The fourth-order valence-corrected chi connectivity index (χ4v) is 4.28. The standard InChI is InChI=1S/C20H24N4O3/c1-27-19-15(4-3-8-21-19)7-9-22-20(26)23-11-14-10-16(13-23)17-5-2-6-18(25)24(17)12-14/h2-6,8,14,16H,7,9-13H2,1H3,(H,22,26)/t14-,16+/m0/s1. The lowest BCUT2D eigenvalue weighted by Crippen LogP contribution is -2.52. The lowest BCUT2D eigenvalue weighted by Gasteiger charge is -2.42. The van der Waals surface area contributed by atoms with Gasteiger partial charge in [-0.15, -0.1) is 0 Å². The van der Waals surface area contributed by atoms with Crippen molar-refractivity contribution >= 4 is 6.03 Å². The Balaban J connectivity index is 1.37. The highest BCUT2D eigenvalue weighted by Crippen LogP contribution is 2.34. The molecule has 0 radical (unpaired) electrons. The van der Waals surface area contributed by atoms with Crippen LogP contribution in [0.3, 0.4) is 0 Å². The first-order chi connectivity index (χ1) is 13.2. The largest absolute Gasteiger partial charge is 0.481 e. The molecule has 4 heterocycles. The van der Waals surface area contributed by atoms with Crippen LogP contribution >= 0.6 is 0 Å². The SMILES string of the molecule is COc1ncccc1CCNC(=O)N1C[C@@H]2C[C@H](C1)c1cccc(=O)n1C2. The molecule has 7 nitrogen and oxygen atoms in total. The molecule has 2 aliphatic rings. The monoisotopic (exact) mass is 368 g/mol. The molecule has 2 aromatic heterocycles. The second-order valence-corrected chi connectivity index (χ2v) is 7.26. The molecule has 1 fully saturated rings. The molecule has 0 spiro atoms. The van der Waals surface area contributed by atoms with Gasteiger partial charge in [0, 0.05) is 55.6 Å². The average Bonchev–Trinajstić information content (AvgIpc) is 2.69. The molecule has 2 aliphatic heterocycles. The molecule has 142 valence electrons. The third-order valence-corrected chi connectivity index (χ3v) is 5.48. The number of carbonyl (C=O) groups is 1. The number of amides is 2. The Hall–Kier alpha value is -2.83. The Labute approximate surface area is 158 Å². The quantitative estimate of drug-likeness (QED) is 0.890. The molecular formula is C20H24N4O3. The van der Waals surface area contributed by atoms with E-state index in [0.29, 0.717) is 44.4 Å². The van der Waals surface area contributed by atoms with Crippen molar-refractivity contribution in [1.82, 2.24) is 19.8 Å². The molecule has 0 aromatic carbocycles. The first-order valence-corrected chi connectivity index (χ1v) is 9.36. The van der Waals surface area contributed by atoms with E-state index in [1.165, 1.54) is 0 Å². The van der Waals surface area contributed by atoms with Gasteiger partial charge in [0.2, 0.25) is 5.88 Å². The first kappa shape index (κ1) is 17.6. The molecule has 4 rings (SSSR count). The molecule has 0 unspecified atom stereocenters. The van der Waals surface area contributed by atoms with Gasteiger partial charge in [0.15, 0.2) is 0 Å². The van der Waals surface area contributed by atoms with Gasteiger partial charge in [0.05, 0.1) is 7.11 Å². The molecule has 1 N–H and O–H groups in total. The van der Waals surface area contributed by atoms with E-state index in [2.05, 4.69) is 10.3 Å². The Bertz CT molecular complexity index is 895. The molecule has 7 heteroatoms. The summed E-state index contributed by atoms with van der Waals surface area (Å²) in [6, 6.07) is 9.22. The number of fused-ring (bicyclic) bond motifs is 4. The zero-order valence-corrected chi connectivity index (χ0v) is 15.4. The molecule has 2 amide bonds. The van der Waals surface area contributed by atoms with Gasteiger partial charge >= 0.3 is 6.03 Å². The van der Waals surface area contributed by atoms with Crippen LogP contribution < -0.4 is 15.6 Å². The lowest BCUT2D eigenvalue weighted by molar-refractivity contribution is 0.131. The topological polar surface area (TPSA) is 76.5 Å². The zero-order valence-electron chi connectivity index (χ0n) is 15.4. The van der Waals surface area contributed by atoms with E-state index in [4.69, 9.17) is 4.74 Å². The Morgan fingerprint density at radius 1 is 1.26 bits per heavy atom. The van der Waals surface area contributed by atoms with Crippen LogP contribution in [-0.4, -0.2) is 47.2 Å². The highest BCUT2D eigenvalue weighted by atomic mass is 16.5. The fraction of sp³-hybridized carbons (Fsp3) is 0.450.